The Balaban J connectivity index is 3.63. The quantitative estimate of drug-likeness (QED) is 0.730. The highest BCUT2D eigenvalue weighted by molar-refractivity contribution is 5.53. The van der Waals surface area contributed by atoms with Crippen molar-refractivity contribution in [1.29, 1.82) is 5.26 Å². The molecule has 1 rings (SSSR count). The molecule has 0 atom stereocenters. The van der Waals surface area contributed by atoms with Crippen molar-refractivity contribution in [2.45, 2.75) is 12.4 Å². The zero-order valence-corrected chi connectivity index (χ0v) is 8.78. The molecule has 18 heavy (non-hydrogen) atoms. The summed E-state index contributed by atoms with van der Waals surface area (Å²) in [5, 5.41) is 8.58. The number of benzene rings is 1. The Morgan fingerprint density at radius 2 is 1.61 bits per heavy atom. The van der Waals surface area contributed by atoms with E-state index >= 15 is 0 Å². The van der Waals surface area contributed by atoms with E-state index in [2.05, 4.69) is 4.74 Å². The topological polar surface area (TPSA) is 33.0 Å². The Morgan fingerprint density at radius 3 is 1.94 bits per heavy atom. The summed E-state index contributed by atoms with van der Waals surface area (Å²) in [5.74, 6) is -0.764. The predicted octanol–water partition coefficient (Wildman–Crippen LogP) is 3.60. The van der Waals surface area contributed by atoms with Gasteiger partial charge in [-0.2, -0.15) is 31.6 Å². The molecule has 2 nitrogen and oxygen atoms in total. The third-order valence-corrected chi connectivity index (χ3v) is 2.07. The summed E-state index contributed by atoms with van der Waals surface area (Å²) in [6, 6.07) is 1.43. The van der Waals surface area contributed by atoms with Gasteiger partial charge < -0.3 is 4.74 Å². The van der Waals surface area contributed by atoms with Gasteiger partial charge in [-0.15, -0.1) is 0 Å². The molecule has 0 radical (unpaired) electrons. The highest BCUT2D eigenvalue weighted by Crippen LogP contribution is 2.40. The van der Waals surface area contributed by atoms with Crippen molar-refractivity contribution in [3.05, 3.63) is 28.8 Å². The summed E-state index contributed by atoms with van der Waals surface area (Å²) in [6.45, 7) is 0. The average molecular weight is 269 g/mol. The van der Waals surface area contributed by atoms with Gasteiger partial charge in [0, 0.05) is 0 Å². The van der Waals surface area contributed by atoms with Crippen molar-refractivity contribution < 1.29 is 31.1 Å². The third-order valence-electron chi connectivity index (χ3n) is 2.07. The lowest BCUT2D eigenvalue weighted by molar-refractivity contribution is -0.143. The number of nitriles is 1. The molecule has 0 aromatic heterocycles. The Labute approximate surface area is 97.4 Å². The fraction of sp³-hybridized carbons (Fsp3) is 0.300. The molecule has 0 spiro atoms. The van der Waals surface area contributed by atoms with Crippen LogP contribution in [0.25, 0.3) is 0 Å². The van der Waals surface area contributed by atoms with E-state index in [1.165, 1.54) is 6.07 Å². The van der Waals surface area contributed by atoms with Gasteiger partial charge in [-0.3, -0.25) is 0 Å². The Kier molecular flexibility index (Phi) is 3.46. The molecule has 0 unspecified atom stereocenters. The molecule has 0 N–H and O–H groups in total. The molecule has 0 aliphatic rings. The van der Waals surface area contributed by atoms with Crippen molar-refractivity contribution in [2.75, 3.05) is 7.11 Å². The van der Waals surface area contributed by atoms with Gasteiger partial charge in [0.25, 0.3) is 0 Å². The number of ether oxygens (including phenoxy) is 1. The minimum Gasteiger partial charge on any atom is -0.495 e. The first-order chi connectivity index (χ1) is 8.11. The molecule has 0 heterocycles. The smallest absolute Gasteiger partial charge is 0.417 e. The highest BCUT2D eigenvalue weighted by Gasteiger charge is 2.40. The molecule has 0 bridgehead atoms. The second-order valence-electron chi connectivity index (χ2n) is 3.21. The van der Waals surface area contributed by atoms with Gasteiger partial charge in [-0.1, -0.05) is 0 Å². The van der Waals surface area contributed by atoms with Gasteiger partial charge in [0.2, 0.25) is 0 Å². The van der Waals surface area contributed by atoms with Gasteiger partial charge in [0.05, 0.1) is 18.2 Å². The number of hydrogen-bond acceptors (Lipinski definition) is 2. The normalized spacial score (nSPS) is 12.1. The number of halogens is 6. The van der Waals surface area contributed by atoms with Crippen LogP contribution in [-0.2, 0) is 12.4 Å². The number of nitrogens with zero attached hydrogens (tertiary/aromatic N) is 1. The van der Waals surface area contributed by atoms with E-state index in [1.807, 2.05) is 0 Å². The lowest BCUT2D eigenvalue weighted by Gasteiger charge is -2.15. The number of hydrogen-bond donors (Lipinski definition) is 0. The van der Waals surface area contributed by atoms with Crippen LogP contribution in [0.3, 0.4) is 0 Å². The molecule has 0 fully saturated rings. The van der Waals surface area contributed by atoms with E-state index in [1.54, 1.807) is 0 Å². The summed E-state index contributed by atoms with van der Waals surface area (Å²) in [6.07, 6.45) is -10.0. The summed E-state index contributed by atoms with van der Waals surface area (Å²) in [4.78, 5) is 0. The zero-order valence-electron chi connectivity index (χ0n) is 8.78. The van der Waals surface area contributed by atoms with E-state index < -0.39 is 34.8 Å². The molecule has 0 amide bonds. The molecule has 1 aromatic carbocycles. The van der Waals surface area contributed by atoms with E-state index in [4.69, 9.17) is 5.26 Å². The van der Waals surface area contributed by atoms with Crippen molar-refractivity contribution >= 4 is 0 Å². The number of rotatable bonds is 1. The molecule has 0 aliphatic carbocycles. The van der Waals surface area contributed by atoms with E-state index in [0.29, 0.717) is 6.07 Å². The van der Waals surface area contributed by atoms with Gasteiger partial charge in [0.1, 0.15) is 17.4 Å². The largest absolute Gasteiger partial charge is 0.495 e. The minimum absolute atomic E-state index is 0.110. The second kappa shape index (κ2) is 4.40. The van der Waals surface area contributed by atoms with Crippen LogP contribution in [0.5, 0.6) is 5.75 Å². The molecule has 98 valence electrons. The van der Waals surface area contributed by atoms with Crippen LogP contribution < -0.4 is 4.74 Å². The standard InChI is InChI=1S/C10H5F6NO/c1-18-8-3-5(9(11,12)13)2-7(6(8)4-17)10(14,15)16/h2-3H,1H3. The highest BCUT2D eigenvalue weighted by atomic mass is 19.4. The fourth-order valence-electron chi connectivity index (χ4n) is 1.28. The summed E-state index contributed by atoms with van der Waals surface area (Å²) in [7, 11) is 0.885. The minimum atomic E-state index is -5.07. The van der Waals surface area contributed by atoms with Gasteiger partial charge in [0.15, 0.2) is 0 Å². The number of alkyl halides is 6. The molecule has 1 aromatic rings. The Morgan fingerprint density at radius 1 is 1.06 bits per heavy atom. The monoisotopic (exact) mass is 269 g/mol. The maximum Gasteiger partial charge on any atom is 0.417 e. The lowest BCUT2D eigenvalue weighted by Crippen LogP contribution is -2.13. The second-order valence-corrected chi connectivity index (χ2v) is 3.21. The van der Waals surface area contributed by atoms with Crippen molar-refractivity contribution in [3.8, 4) is 11.8 Å². The Bertz CT molecular complexity index is 497. The van der Waals surface area contributed by atoms with Crippen LogP contribution in [0.1, 0.15) is 16.7 Å². The summed E-state index contributed by atoms with van der Waals surface area (Å²) >= 11 is 0. The molecular weight excluding hydrogens is 264 g/mol. The van der Waals surface area contributed by atoms with Crippen LogP contribution in [0.4, 0.5) is 26.3 Å². The van der Waals surface area contributed by atoms with E-state index in [0.717, 1.165) is 7.11 Å². The molecular formula is C10H5F6NO. The van der Waals surface area contributed by atoms with Crippen molar-refractivity contribution in [1.82, 2.24) is 0 Å². The summed E-state index contributed by atoms with van der Waals surface area (Å²) in [5.41, 5.74) is -4.17. The lowest BCUT2D eigenvalue weighted by atomic mass is 10.0. The fourth-order valence-corrected chi connectivity index (χ4v) is 1.28. The van der Waals surface area contributed by atoms with Crippen LogP contribution in [-0.4, -0.2) is 7.11 Å². The van der Waals surface area contributed by atoms with Gasteiger partial charge in [-0.05, 0) is 12.1 Å². The summed E-state index contributed by atoms with van der Waals surface area (Å²) < 4.78 is 79.2. The third kappa shape index (κ3) is 2.67. The molecule has 0 saturated heterocycles. The van der Waals surface area contributed by atoms with Crippen LogP contribution in [0, 0.1) is 11.3 Å². The molecule has 0 aliphatic heterocycles. The van der Waals surface area contributed by atoms with Crippen molar-refractivity contribution in [3.63, 3.8) is 0 Å². The van der Waals surface area contributed by atoms with E-state index in [9.17, 15) is 26.3 Å². The first-order valence-electron chi connectivity index (χ1n) is 4.37. The zero-order chi connectivity index (χ0) is 14.1. The van der Waals surface area contributed by atoms with Crippen LogP contribution >= 0.6 is 0 Å². The molecule has 0 saturated carbocycles. The average Bonchev–Trinajstić information content (AvgIpc) is 2.24. The van der Waals surface area contributed by atoms with Crippen LogP contribution in [0.15, 0.2) is 12.1 Å². The Hall–Kier alpha value is -1.91. The van der Waals surface area contributed by atoms with Crippen molar-refractivity contribution in [2.24, 2.45) is 0 Å². The SMILES string of the molecule is COc1cc(C(F)(F)F)cc(C(F)(F)F)c1C#N. The first-order valence-corrected chi connectivity index (χ1v) is 4.37. The maximum atomic E-state index is 12.5. The predicted molar refractivity (Wildman–Crippen MR) is 47.7 cm³/mol. The molecule has 8 heteroatoms. The first kappa shape index (κ1) is 14.2. The van der Waals surface area contributed by atoms with Gasteiger partial charge >= 0.3 is 12.4 Å². The maximum absolute atomic E-state index is 12.5. The number of methoxy groups -OCH3 is 1. The van der Waals surface area contributed by atoms with E-state index in [-0.39, 0.29) is 6.07 Å². The van der Waals surface area contributed by atoms with Crippen LogP contribution in [0.2, 0.25) is 0 Å². The van der Waals surface area contributed by atoms with Gasteiger partial charge in [-0.25, -0.2) is 0 Å².